The highest BCUT2D eigenvalue weighted by molar-refractivity contribution is 5.80. The Balaban J connectivity index is 2.06. The van der Waals surface area contributed by atoms with E-state index in [-0.39, 0.29) is 6.04 Å². The Morgan fingerprint density at radius 3 is 2.62 bits per heavy atom. The van der Waals surface area contributed by atoms with Crippen molar-refractivity contribution in [1.82, 2.24) is 15.8 Å². The fourth-order valence-electron chi connectivity index (χ4n) is 2.51. The highest BCUT2D eigenvalue weighted by Crippen LogP contribution is 2.17. The van der Waals surface area contributed by atoms with E-state index in [0.29, 0.717) is 12.5 Å². The first kappa shape index (κ1) is 18.0. The molecule has 1 atom stereocenters. The van der Waals surface area contributed by atoms with E-state index in [1.165, 1.54) is 11.1 Å². The number of hydrogen-bond donors (Lipinski definition) is 2. The average molecular weight is 328 g/mol. The van der Waals surface area contributed by atoms with Gasteiger partial charge >= 0.3 is 0 Å². The van der Waals surface area contributed by atoms with Gasteiger partial charge in [-0.25, -0.2) is 4.99 Å². The number of guanidine groups is 1. The first-order valence-corrected chi connectivity index (χ1v) is 8.57. The predicted octanol–water partition coefficient (Wildman–Crippen LogP) is 3.92. The molecule has 0 spiro atoms. The zero-order valence-corrected chi connectivity index (χ0v) is 15.3. The molecule has 0 saturated heterocycles. The highest BCUT2D eigenvalue weighted by Gasteiger charge is 2.11. The van der Waals surface area contributed by atoms with Crippen LogP contribution >= 0.6 is 0 Å². The van der Waals surface area contributed by atoms with Gasteiger partial charge in [-0.2, -0.15) is 0 Å². The zero-order valence-electron chi connectivity index (χ0n) is 15.3. The van der Waals surface area contributed by atoms with Crippen molar-refractivity contribution in [2.24, 2.45) is 4.99 Å². The van der Waals surface area contributed by atoms with Crippen molar-refractivity contribution in [2.45, 2.75) is 53.1 Å². The van der Waals surface area contributed by atoms with Crippen LogP contribution in [0.1, 0.15) is 62.2 Å². The van der Waals surface area contributed by atoms with Crippen molar-refractivity contribution < 1.29 is 4.52 Å². The summed E-state index contributed by atoms with van der Waals surface area (Å²) < 4.78 is 5.35. The van der Waals surface area contributed by atoms with Gasteiger partial charge in [-0.15, -0.1) is 0 Å². The third-order valence-electron chi connectivity index (χ3n) is 3.91. The Kier molecular flexibility index (Phi) is 6.41. The van der Waals surface area contributed by atoms with Crippen LogP contribution in [0.15, 0.2) is 39.8 Å². The molecule has 2 aromatic rings. The van der Waals surface area contributed by atoms with Crippen LogP contribution in [0.25, 0.3) is 0 Å². The van der Waals surface area contributed by atoms with Crippen molar-refractivity contribution in [3.05, 3.63) is 52.9 Å². The molecule has 1 aromatic carbocycles. The highest BCUT2D eigenvalue weighted by atomic mass is 16.5. The molecule has 2 N–H and O–H groups in total. The molecule has 5 heteroatoms. The SMILES string of the molecule is CCNC(=NCc1cc(C(C)C)no1)NC(C)c1ccccc1C. The largest absolute Gasteiger partial charge is 0.359 e. The van der Waals surface area contributed by atoms with E-state index in [2.05, 4.69) is 79.7 Å². The summed E-state index contributed by atoms with van der Waals surface area (Å²) >= 11 is 0. The molecule has 130 valence electrons. The first-order valence-electron chi connectivity index (χ1n) is 8.57. The third kappa shape index (κ3) is 4.85. The van der Waals surface area contributed by atoms with E-state index in [0.717, 1.165) is 24.0 Å². The van der Waals surface area contributed by atoms with Crippen LogP contribution in [0.4, 0.5) is 0 Å². The van der Waals surface area contributed by atoms with E-state index in [1.807, 2.05) is 6.07 Å². The van der Waals surface area contributed by atoms with Crippen LogP contribution in [-0.4, -0.2) is 17.7 Å². The van der Waals surface area contributed by atoms with Gasteiger partial charge in [-0.05, 0) is 37.8 Å². The summed E-state index contributed by atoms with van der Waals surface area (Å²) in [5.41, 5.74) is 3.50. The Hall–Kier alpha value is -2.30. The molecule has 1 aromatic heterocycles. The number of benzene rings is 1. The van der Waals surface area contributed by atoms with Gasteiger partial charge in [0, 0.05) is 12.6 Å². The molecule has 0 bridgehead atoms. The summed E-state index contributed by atoms with van der Waals surface area (Å²) in [6.07, 6.45) is 0. The minimum absolute atomic E-state index is 0.171. The number of nitrogens with one attached hydrogen (secondary N) is 2. The lowest BCUT2D eigenvalue weighted by Gasteiger charge is -2.19. The quantitative estimate of drug-likeness (QED) is 0.623. The van der Waals surface area contributed by atoms with Gasteiger partial charge < -0.3 is 15.2 Å². The first-order chi connectivity index (χ1) is 11.5. The number of nitrogens with zero attached hydrogens (tertiary/aromatic N) is 2. The summed E-state index contributed by atoms with van der Waals surface area (Å²) in [5.74, 6) is 1.91. The summed E-state index contributed by atoms with van der Waals surface area (Å²) in [6.45, 7) is 11.8. The van der Waals surface area contributed by atoms with E-state index in [1.54, 1.807) is 0 Å². The fraction of sp³-hybridized carbons (Fsp3) is 0.474. The van der Waals surface area contributed by atoms with Gasteiger partial charge in [0.05, 0.1) is 11.7 Å². The monoisotopic (exact) mass is 328 g/mol. The minimum Gasteiger partial charge on any atom is -0.359 e. The second kappa shape index (κ2) is 8.52. The third-order valence-corrected chi connectivity index (χ3v) is 3.91. The summed E-state index contributed by atoms with van der Waals surface area (Å²) in [4.78, 5) is 4.61. The lowest BCUT2D eigenvalue weighted by atomic mass is 10.0. The van der Waals surface area contributed by atoms with E-state index >= 15 is 0 Å². The summed E-state index contributed by atoms with van der Waals surface area (Å²) in [7, 11) is 0. The minimum atomic E-state index is 0.171. The van der Waals surface area contributed by atoms with Gasteiger partial charge in [0.2, 0.25) is 0 Å². The average Bonchev–Trinajstić information content (AvgIpc) is 3.02. The lowest BCUT2D eigenvalue weighted by Crippen LogP contribution is -2.38. The Morgan fingerprint density at radius 2 is 2.00 bits per heavy atom. The summed E-state index contributed by atoms with van der Waals surface area (Å²) in [5, 5.41) is 10.8. The van der Waals surface area contributed by atoms with Crippen molar-refractivity contribution in [2.75, 3.05) is 6.54 Å². The molecule has 0 radical (unpaired) electrons. The molecular weight excluding hydrogens is 300 g/mol. The molecule has 0 amide bonds. The van der Waals surface area contributed by atoms with Gasteiger partial charge in [0.1, 0.15) is 6.54 Å². The topological polar surface area (TPSA) is 62.5 Å². The maximum absolute atomic E-state index is 5.35. The van der Waals surface area contributed by atoms with Crippen molar-refractivity contribution >= 4 is 5.96 Å². The molecule has 1 unspecified atom stereocenters. The molecule has 2 rings (SSSR count). The van der Waals surface area contributed by atoms with Gasteiger partial charge in [0.25, 0.3) is 0 Å². The normalized spacial score (nSPS) is 13.2. The maximum Gasteiger partial charge on any atom is 0.192 e. The molecule has 1 heterocycles. The van der Waals surface area contributed by atoms with Gasteiger partial charge in [-0.1, -0.05) is 43.3 Å². The van der Waals surface area contributed by atoms with Gasteiger partial charge in [-0.3, -0.25) is 0 Å². The molecule has 0 aliphatic rings. The second-order valence-corrected chi connectivity index (χ2v) is 6.29. The molecule has 24 heavy (non-hydrogen) atoms. The van der Waals surface area contributed by atoms with Crippen molar-refractivity contribution in [3.8, 4) is 0 Å². The second-order valence-electron chi connectivity index (χ2n) is 6.29. The van der Waals surface area contributed by atoms with E-state index in [4.69, 9.17) is 4.52 Å². The molecule has 0 fully saturated rings. The number of rotatable bonds is 6. The Bertz CT molecular complexity index is 676. The smallest absolute Gasteiger partial charge is 0.192 e. The molecule has 0 aliphatic carbocycles. The number of aromatic nitrogens is 1. The molecule has 5 nitrogen and oxygen atoms in total. The Morgan fingerprint density at radius 1 is 1.25 bits per heavy atom. The predicted molar refractivity (Wildman–Crippen MR) is 98.1 cm³/mol. The molecule has 0 saturated carbocycles. The van der Waals surface area contributed by atoms with Crippen LogP contribution in [0.3, 0.4) is 0 Å². The fourth-order valence-corrected chi connectivity index (χ4v) is 2.51. The van der Waals surface area contributed by atoms with Crippen LogP contribution < -0.4 is 10.6 Å². The van der Waals surface area contributed by atoms with Crippen molar-refractivity contribution in [3.63, 3.8) is 0 Å². The maximum atomic E-state index is 5.35. The molecule has 0 aliphatic heterocycles. The van der Waals surface area contributed by atoms with Crippen molar-refractivity contribution in [1.29, 1.82) is 0 Å². The van der Waals surface area contributed by atoms with Crippen LogP contribution in [0, 0.1) is 6.92 Å². The standard InChI is InChI=1S/C19H28N4O/c1-6-20-19(21-12-16-11-18(13(2)3)23-24-16)22-15(5)17-10-8-7-9-14(17)4/h7-11,13,15H,6,12H2,1-5H3,(H2,20,21,22). The Labute approximate surface area is 144 Å². The number of aliphatic imine (C=N–C) groups is 1. The number of hydrogen-bond acceptors (Lipinski definition) is 3. The van der Waals surface area contributed by atoms with Gasteiger partial charge in [0.15, 0.2) is 11.7 Å². The molecular formula is C19H28N4O. The van der Waals surface area contributed by atoms with Crippen LogP contribution in [-0.2, 0) is 6.54 Å². The lowest BCUT2D eigenvalue weighted by molar-refractivity contribution is 0.376. The number of aryl methyl sites for hydroxylation is 1. The van der Waals surface area contributed by atoms with Crippen LogP contribution in [0.5, 0.6) is 0 Å². The summed E-state index contributed by atoms with van der Waals surface area (Å²) in [6, 6.07) is 10.5. The zero-order chi connectivity index (χ0) is 17.5. The van der Waals surface area contributed by atoms with E-state index in [9.17, 15) is 0 Å². The van der Waals surface area contributed by atoms with E-state index < -0.39 is 0 Å². The van der Waals surface area contributed by atoms with Crippen LogP contribution in [0.2, 0.25) is 0 Å².